The summed E-state index contributed by atoms with van der Waals surface area (Å²) in [7, 11) is 1.61. The average Bonchev–Trinajstić information content (AvgIpc) is 2.46. The summed E-state index contributed by atoms with van der Waals surface area (Å²) < 4.78 is 10.6. The van der Waals surface area contributed by atoms with Crippen LogP contribution < -0.4 is 15.4 Å². The highest BCUT2D eigenvalue weighted by molar-refractivity contribution is 5.36. The van der Waals surface area contributed by atoms with Crippen LogP contribution >= 0.6 is 0 Å². The maximum Gasteiger partial charge on any atom is 0.323 e. The predicted octanol–water partition coefficient (Wildman–Crippen LogP) is 0.901. The van der Waals surface area contributed by atoms with Crippen molar-refractivity contribution in [1.82, 2.24) is 15.0 Å². The number of hydrogen-bond acceptors (Lipinski definition) is 8. The van der Waals surface area contributed by atoms with Gasteiger partial charge in [0.2, 0.25) is 11.9 Å². The summed E-state index contributed by atoms with van der Waals surface area (Å²) in [5, 5.41) is 15.2. The molecule has 120 valence electrons. The van der Waals surface area contributed by atoms with Gasteiger partial charge in [-0.05, 0) is 19.8 Å². The third-order valence-corrected chi connectivity index (χ3v) is 2.56. The average molecular weight is 299 g/mol. The molecule has 0 saturated carbocycles. The van der Waals surface area contributed by atoms with E-state index < -0.39 is 0 Å². The lowest BCUT2D eigenvalue weighted by Crippen LogP contribution is -2.27. The van der Waals surface area contributed by atoms with E-state index in [4.69, 9.17) is 14.6 Å². The molecular formula is C13H25N5O3. The largest absolute Gasteiger partial charge is 0.463 e. The van der Waals surface area contributed by atoms with Gasteiger partial charge in [-0.25, -0.2) is 0 Å². The van der Waals surface area contributed by atoms with Gasteiger partial charge >= 0.3 is 6.01 Å². The van der Waals surface area contributed by atoms with Crippen molar-refractivity contribution in [1.29, 1.82) is 0 Å². The van der Waals surface area contributed by atoms with E-state index >= 15 is 0 Å². The first kappa shape index (κ1) is 17.4. The molecule has 1 heterocycles. The fourth-order valence-electron chi connectivity index (χ4n) is 1.65. The Hall–Kier alpha value is -1.67. The van der Waals surface area contributed by atoms with Crippen LogP contribution in [0.4, 0.5) is 11.9 Å². The molecule has 0 aromatic carbocycles. The Balaban J connectivity index is 2.83. The second-order valence-corrected chi connectivity index (χ2v) is 4.45. The Labute approximate surface area is 125 Å². The first-order valence-electron chi connectivity index (χ1n) is 7.22. The molecule has 1 aromatic rings. The zero-order valence-electron chi connectivity index (χ0n) is 12.9. The summed E-state index contributed by atoms with van der Waals surface area (Å²) in [6.45, 7) is 5.74. The summed E-state index contributed by atoms with van der Waals surface area (Å²) in [5.41, 5.74) is 0. The molecule has 0 saturated heterocycles. The number of aliphatic hydroxyl groups excluding tert-OH is 1. The summed E-state index contributed by atoms with van der Waals surface area (Å²) in [5.74, 6) is 0.865. The molecule has 1 atom stereocenters. The van der Waals surface area contributed by atoms with Crippen LogP contribution in [0, 0.1) is 0 Å². The van der Waals surface area contributed by atoms with Crippen molar-refractivity contribution in [2.45, 2.75) is 32.7 Å². The molecule has 0 amide bonds. The van der Waals surface area contributed by atoms with Crippen LogP contribution in [-0.2, 0) is 4.74 Å². The van der Waals surface area contributed by atoms with Crippen LogP contribution in [0.1, 0.15) is 26.7 Å². The van der Waals surface area contributed by atoms with E-state index in [1.807, 2.05) is 13.8 Å². The molecule has 0 fully saturated rings. The van der Waals surface area contributed by atoms with Gasteiger partial charge in [-0.3, -0.25) is 0 Å². The number of nitrogens with zero attached hydrogens (tertiary/aromatic N) is 3. The molecule has 0 aliphatic rings. The third-order valence-electron chi connectivity index (χ3n) is 2.56. The maximum atomic E-state index is 9.07. The first-order chi connectivity index (χ1) is 10.2. The van der Waals surface area contributed by atoms with Gasteiger partial charge in [-0.2, -0.15) is 15.0 Å². The molecular weight excluding hydrogens is 274 g/mol. The lowest BCUT2D eigenvalue weighted by molar-refractivity contribution is 0.170. The molecule has 1 unspecified atom stereocenters. The van der Waals surface area contributed by atoms with Crippen molar-refractivity contribution < 1.29 is 14.6 Å². The Bertz CT molecular complexity index is 399. The predicted molar refractivity (Wildman–Crippen MR) is 80.8 cm³/mol. The van der Waals surface area contributed by atoms with Crippen LogP contribution in [-0.4, -0.2) is 59.6 Å². The number of nitrogens with one attached hydrogen (secondary N) is 2. The van der Waals surface area contributed by atoms with E-state index in [1.165, 1.54) is 0 Å². The van der Waals surface area contributed by atoms with Crippen LogP contribution in [0.15, 0.2) is 0 Å². The van der Waals surface area contributed by atoms with Crippen molar-refractivity contribution in [2.75, 3.05) is 44.1 Å². The molecule has 8 nitrogen and oxygen atoms in total. The summed E-state index contributed by atoms with van der Waals surface area (Å²) >= 11 is 0. The van der Waals surface area contributed by atoms with Gasteiger partial charge in [0.15, 0.2) is 0 Å². The fourth-order valence-corrected chi connectivity index (χ4v) is 1.65. The number of aliphatic hydroxyl groups is 1. The van der Waals surface area contributed by atoms with E-state index in [2.05, 4.69) is 25.6 Å². The second kappa shape index (κ2) is 10.1. The first-order valence-corrected chi connectivity index (χ1v) is 7.22. The van der Waals surface area contributed by atoms with Gasteiger partial charge < -0.3 is 25.2 Å². The van der Waals surface area contributed by atoms with Gasteiger partial charge in [-0.1, -0.05) is 6.92 Å². The second-order valence-electron chi connectivity index (χ2n) is 4.45. The van der Waals surface area contributed by atoms with Crippen LogP contribution in [0.2, 0.25) is 0 Å². The van der Waals surface area contributed by atoms with Gasteiger partial charge in [0.05, 0.1) is 19.3 Å². The van der Waals surface area contributed by atoms with Crippen molar-refractivity contribution in [3.8, 4) is 6.01 Å². The summed E-state index contributed by atoms with van der Waals surface area (Å²) in [4.78, 5) is 12.7. The highest BCUT2D eigenvalue weighted by Gasteiger charge is 2.12. The molecule has 8 heteroatoms. The molecule has 1 aromatic heterocycles. The number of hydrogen-bond donors (Lipinski definition) is 3. The fraction of sp³-hybridized carbons (Fsp3) is 0.769. The molecule has 0 aliphatic heterocycles. The van der Waals surface area contributed by atoms with Crippen molar-refractivity contribution in [2.24, 2.45) is 0 Å². The lowest BCUT2D eigenvalue weighted by Gasteiger charge is -2.17. The quantitative estimate of drug-likeness (QED) is 0.554. The summed E-state index contributed by atoms with van der Waals surface area (Å²) in [6, 6.07) is 0.210. The van der Waals surface area contributed by atoms with Gasteiger partial charge in [-0.15, -0.1) is 0 Å². The van der Waals surface area contributed by atoms with E-state index in [0.29, 0.717) is 38.1 Å². The van der Waals surface area contributed by atoms with Crippen molar-refractivity contribution >= 4 is 11.9 Å². The van der Waals surface area contributed by atoms with Crippen LogP contribution in [0.25, 0.3) is 0 Å². The van der Waals surface area contributed by atoms with E-state index in [-0.39, 0.29) is 18.7 Å². The number of methoxy groups -OCH3 is 1. The number of aromatic nitrogens is 3. The standard InChI is InChI=1S/C13H25N5O3/c1-4-8-21-13-17-11(14-5-2)16-12(18-13)15-10(6-7-19)9-20-3/h10,19H,4-9H2,1-3H3,(H2,14,15,16,17,18). The zero-order valence-corrected chi connectivity index (χ0v) is 12.9. The summed E-state index contributed by atoms with van der Waals surface area (Å²) in [6.07, 6.45) is 1.42. The van der Waals surface area contributed by atoms with Crippen LogP contribution in [0.3, 0.4) is 0 Å². The Morgan fingerprint density at radius 3 is 2.57 bits per heavy atom. The molecule has 1 rings (SSSR count). The number of rotatable bonds is 11. The topological polar surface area (TPSA) is 101 Å². The maximum absolute atomic E-state index is 9.07. The highest BCUT2D eigenvalue weighted by Crippen LogP contribution is 2.13. The Morgan fingerprint density at radius 2 is 1.95 bits per heavy atom. The van der Waals surface area contributed by atoms with E-state index in [0.717, 1.165) is 6.42 Å². The number of anilines is 2. The molecule has 0 bridgehead atoms. The van der Waals surface area contributed by atoms with Gasteiger partial charge in [0.1, 0.15) is 0 Å². The molecule has 0 aliphatic carbocycles. The van der Waals surface area contributed by atoms with Crippen molar-refractivity contribution in [3.63, 3.8) is 0 Å². The van der Waals surface area contributed by atoms with Gasteiger partial charge in [0, 0.05) is 20.3 Å². The normalized spacial score (nSPS) is 12.0. The molecule has 0 spiro atoms. The van der Waals surface area contributed by atoms with E-state index in [9.17, 15) is 0 Å². The monoisotopic (exact) mass is 299 g/mol. The van der Waals surface area contributed by atoms with Crippen molar-refractivity contribution in [3.05, 3.63) is 0 Å². The third kappa shape index (κ3) is 6.54. The molecule has 21 heavy (non-hydrogen) atoms. The highest BCUT2D eigenvalue weighted by atomic mass is 16.5. The van der Waals surface area contributed by atoms with E-state index in [1.54, 1.807) is 7.11 Å². The smallest absolute Gasteiger partial charge is 0.323 e. The number of ether oxygens (including phenoxy) is 2. The Kier molecular flexibility index (Phi) is 8.37. The van der Waals surface area contributed by atoms with Gasteiger partial charge in [0.25, 0.3) is 0 Å². The SMILES string of the molecule is CCCOc1nc(NCC)nc(NC(CCO)COC)n1. The molecule has 3 N–H and O–H groups in total. The minimum atomic E-state index is -0.0732. The zero-order chi connectivity index (χ0) is 15.5. The van der Waals surface area contributed by atoms with Crippen LogP contribution in [0.5, 0.6) is 6.01 Å². The minimum absolute atomic E-state index is 0.0609. The molecule has 0 radical (unpaired) electrons. The lowest BCUT2D eigenvalue weighted by atomic mass is 10.2. The Morgan fingerprint density at radius 1 is 1.19 bits per heavy atom. The minimum Gasteiger partial charge on any atom is -0.463 e.